The van der Waals surface area contributed by atoms with E-state index in [9.17, 15) is 4.79 Å². The van der Waals surface area contributed by atoms with E-state index in [0.717, 1.165) is 41.2 Å². The average Bonchev–Trinajstić information content (AvgIpc) is 2.93. The molecule has 0 N–H and O–H groups in total. The molecule has 0 saturated heterocycles. The monoisotopic (exact) mass is 340 g/mol. The van der Waals surface area contributed by atoms with Crippen LogP contribution in [-0.2, 0) is 12.8 Å². The lowest BCUT2D eigenvalue weighted by atomic mass is 9.79. The van der Waals surface area contributed by atoms with Crippen molar-refractivity contribution < 1.29 is 9.53 Å². The van der Waals surface area contributed by atoms with Crippen LogP contribution in [0.15, 0.2) is 24.3 Å². The van der Waals surface area contributed by atoms with Gasteiger partial charge in [0.1, 0.15) is 5.75 Å². The average molecular weight is 340 g/mol. The van der Waals surface area contributed by atoms with Crippen LogP contribution >= 0.6 is 0 Å². The second-order valence-electron chi connectivity index (χ2n) is 7.82. The van der Waals surface area contributed by atoms with Gasteiger partial charge >= 0.3 is 0 Å². The number of ketones is 1. The van der Waals surface area contributed by atoms with E-state index in [1.54, 1.807) is 7.11 Å². The molecular formula is C21H28N2O2. The number of carbonyl (C=O) groups excluding carboxylic acids is 1. The number of fused-ring (bicyclic) bond motifs is 1. The molecule has 1 heterocycles. The summed E-state index contributed by atoms with van der Waals surface area (Å²) in [5, 5.41) is 4.86. The minimum absolute atomic E-state index is 0.254. The molecule has 1 aliphatic carbocycles. The zero-order valence-corrected chi connectivity index (χ0v) is 15.9. The van der Waals surface area contributed by atoms with Crippen LogP contribution in [-0.4, -0.2) is 22.7 Å². The Labute approximate surface area is 150 Å². The highest BCUT2D eigenvalue weighted by Gasteiger charge is 2.33. The fourth-order valence-corrected chi connectivity index (χ4v) is 3.63. The molecule has 1 aliphatic rings. The molecule has 3 rings (SSSR count). The summed E-state index contributed by atoms with van der Waals surface area (Å²) < 4.78 is 7.34. The van der Waals surface area contributed by atoms with Crippen molar-refractivity contribution in [3.05, 3.63) is 41.2 Å². The van der Waals surface area contributed by atoms with Gasteiger partial charge in [-0.15, -0.1) is 0 Å². The molecule has 2 aromatic rings. The molecule has 1 atom stereocenters. The maximum Gasteiger partial charge on any atom is 0.166 e. The summed E-state index contributed by atoms with van der Waals surface area (Å²) in [6.45, 7) is 8.73. The largest absolute Gasteiger partial charge is 0.497 e. The van der Waals surface area contributed by atoms with Crippen LogP contribution in [0.2, 0.25) is 0 Å². The normalized spacial score (nSPS) is 17.2. The fraction of sp³-hybridized carbons (Fsp3) is 0.524. The van der Waals surface area contributed by atoms with Crippen LogP contribution in [0.3, 0.4) is 0 Å². The third-order valence-corrected chi connectivity index (χ3v) is 5.08. The summed E-state index contributed by atoms with van der Waals surface area (Å²) in [5.74, 6) is 2.39. The van der Waals surface area contributed by atoms with Crippen molar-refractivity contribution in [2.24, 2.45) is 17.8 Å². The Balaban J connectivity index is 2.13. The second-order valence-corrected chi connectivity index (χ2v) is 7.82. The van der Waals surface area contributed by atoms with E-state index < -0.39 is 0 Å². The fourth-order valence-electron chi connectivity index (χ4n) is 3.63. The van der Waals surface area contributed by atoms with E-state index in [0.29, 0.717) is 24.2 Å². The number of hydrogen-bond donors (Lipinski definition) is 0. The van der Waals surface area contributed by atoms with Crippen molar-refractivity contribution in [3.63, 3.8) is 0 Å². The standard InChI is InChI=1S/C21H28N2O2/c1-13(2)9-18-21-19(10-15(14(3)4)11-20(21)24)23(22-18)16-7-6-8-17(12-16)25-5/h6-8,12-15H,9-11H2,1-5H3. The number of aromatic nitrogens is 2. The lowest BCUT2D eigenvalue weighted by molar-refractivity contribution is 0.0931. The number of Topliss-reactive ketones (excluding diaryl/α,β-unsaturated/α-hetero) is 1. The number of benzene rings is 1. The Morgan fingerprint density at radius 3 is 2.64 bits per heavy atom. The molecule has 4 nitrogen and oxygen atoms in total. The quantitative estimate of drug-likeness (QED) is 0.806. The molecule has 0 saturated carbocycles. The number of ether oxygens (including phenoxy) is 1. The minimum Gasteiger partial charge on any atom is -0.497 e. The van der Waals surface area contributed by atoms with E-state index in [1.807, 2.05) is 28.9 Å². The maximum absolute atomic E-state index is 12.9. The Morgan fingerprint density at radius 2 is 2.00 bits per heavy atom. The van der Waals surface area contributed by atoms with Crippen molar-refractivity contribution >= 4 is 5.78 Å². The van der Waals surface area contributed by atoms with Crippen LogP contribution in [0.25, 0.3) is 5.69 Å². The SMILES string of the molecule is COc1cccc(-n2nc(CC(C)C)c3c2CC(C(C)C)CC3=O)c1. The number of methoxy groups -OCH3 is 1. The van der Waals surface area contributed by atoms with Gasteiger partial charge < -0.3 is 4.74 Å². The Hall–Kier alpha value is -2.10. The Bertz CT molecular complexity index is 774. The van der Waals surface area contributed by atoms with Crippen molar-refractivity contribution in [2.75, 3.05) is 7.11 Å². The van der Waals surface area contributed by atoms with Crippen molar-refractivity contribution in [1.82, 2.24) is 9.78 Å². The summed E-state index contributed by atoms with van der Waals surface area (Å²) in [6, 6.07) is 7.90. The van der Waals surface area contributed by atoms with Gasteiger partial charge in [0.2, 0.25) is 0 Å². The highest BCUT2D eigenvalue weighted by atomic mass is 16.5. The summed E-state index contributed by atoms with van der Waals surface area (Å²) in [4.78, 5) is 12.9. The van der Waals surface area contributed by atoms with Gasteiger partial charge in [-0.2, -0.15) is 5.10 Å². The minimum atomic E-state index is 0.254. The molecule has 0 fully saturated rings. The van der Waals surface area contributed by atoms with Crippen molar-refractivity contribution in [1.29, 1.82) is 0 Å². The Kier molecular flexibility index (Phi) is 4.98. The van der Waals surface area contributed by atoms with E-state index in [2.05, 4.69) is 27.7 Å². The smallest absolute Gasteiger partial charge is 0.166 e. The van der Waals surface area contributed by atoms with Crippen LogP contribution in [0.1, 0.15) is 55.9 Å². The van der Waals surface area contributed by atoms with Gasteiger partial charge in [-0.05, 0) is 42.7 Å². The third kappa shape index (κ3) is 3.48. The highest BCUT2D eigenvalue weighted by Crippen LogP contribution is 2.34. The van der Waals surface area contributed by atoms with Gasteiger partial charge in [-0.3, -0.25) is 4.79 Å². The zero-order valence-electron chi connectivity index (χ0n) is 15.9. The molecule has 0 aliphatic heterocycles. The zero-order chi connectivity index (χ0) is 18.1. The maximum atomic E-state index is 12.9. The molecule has 0 spiro atoms. The van der Waals surface area contributed by atoms with Crippen LogP contribution < -0.4 is 4.74 Å². The van der Waals surface area contributed by atoms with Gasteiger partial charge in [0, 0.05) is 12.5 Å². The second kappa shape index (κ2) is 7.03. The first-order valence-corrected chi connectivity index (χ1v) is 9.19. The van der Waals surface area contributed by atoms with Gasteiger partial charge in [-0.25, -0.2) is 4.68 Å². The van der Waals surface area contributed by atoms with E-state index in [-0.39, 0.29) is 5.78 Å². The summed E-state index contributed by atoms with van der Waals surface area (Å²) in [6.07, 6.45) is 2.37. The summed E-state index contributed by atoms with van der Waals surface area (Å²) in [5.41, 5.74) is 3.84. The predicted molar refractivity (Wildman–Crippen MR) is 99.6 cm³/mol. The van der Waals surface area contributed by atoms with Crippen molar-refractivity contribution in [2.45, 2.75) is 47.0 Å². The number of hydrogen-bond acceptors (Lipinski definition) is 3. The molecule has 0 bridgehead atoms. The van der Waals surface area contributed by atoms with Crippen LogP contribution in [0, 0.1) is 17.8 Å². The predicted octanol–water partition coefficient (Wildman–Crippen LogP) is 4.48. The topological polar surface area (TPSA) is 44.1 Å². The van der Waals surface area contributed by atoms with Crippen LogP contribution in [0.5, 0.6) is 5.75 Å². The van der Waals surface area contributed by atoms with Crippen LogP contribution in [0.4, 0.5) is 0 Å². The number of rotatable bonds is 5. The first-order chi connectivity index (χ1) is 11.9. The number of carbonyl (C=O) groups is 1. The first kappa shape index (κ1) is 17.7. The summed E-state index contributed by atoms with van der Waals surface area (Å²) >= 11 is 0. The molecular weight excluding hydrogens is 312 g/mol. The van der Waals surface area contributed by atoms with Gasteiger partial charge in [0.05, 0.1) is 29.7 Å². The first-order valence-electron chi connectivity index (χ1n) is 9.19. The Morgan fingerprint density at radius 1 is 1.24 bits per heavy atom. The summed E-state index contributed by atoms with van der Waals surface area (Å²) in [7, 11) is 1.67. The van der Waals surface area contributed by atoms with E-state index in [4.69, 9.17) is 9.84 Å². The number of nitrogens with zero attached hydrogens (tertiary/aromatic N) is 2. The molecule has 0 amide bonds. The van der Waals surface area contributed by atoms with E-state index >= 15 is 0 Å². The van der Waals surface area contributed by atoms with Gasteiger partial charge in [0.15, 0.2) is 5.78 Å². The third-order valence-electron chi connectivity index (χ3n) is 5.08. The molecule has 134 valence electrons. The molecule has 0 radical (unpaired) electrons. The lowest BCUT2D eigenvalue weighted by Gasteiger charge is -2.25. The lowest BCUT2D eigenvalue weighted by Crippen LogP contribution is -2.25. The van der Waals surface area contributed by atoms with Crippen molar-refractivity contribution in [3.8, 4) is 11.4 Å². The molecule has 1 aromatic carbocycles. The molecule has 25 heavy (non-hydrogen) atoms. The highest BCUT2D eigenvalue weighted by molar-refractivity contribution is 5.99. The van der Waals surface area contributed by atoms with Gasteiger partial charge in [-0.1, -0.05) is 33.8 Å². The van der Waals surface area contributed by atoms with E-state index in [1.165, 1.54) is 0 Å². The molecule has 4 heteroatoms. The molecule has 1 unspecified atom stereocenters. The molecule has 1 aromatic heterocycles. The van der Waals surface area contributed by atoms with Gasteiger partial charge in [0.25, 0.3) is 0 Å².